The van der Waals surface area contributed by atoms with Crippen LogP contribution in [0.3, 0.4) is 0 Å². The molecule has 5 nitrogen and oxygen atoms in total. The van der Waals surface area contributed by atoms with Crippen LogP contribution in [0, 0.1) is 6.92 Å². The first-order chi connectivity index (χ1) is 6.15. The number of aromatic nitrogens is 1. The maximum Gasteiger partial charge on any atom is 0.290 e. The minimum Gasteiger partial charge on any atom is -0.394 e. The maximum atomic E-state index is 11.3. The van der Waals surface area contributed by atoms with Gasteiger partial charge in [-0.3, -0.25) is 4.79 Å². The quantitative estimate of drug-likeness (QED) is 0.698. The molecule has 0 bridgehead atoms. The Bertz CT molecular complexity index is 295. The van der Waals surface area contributed by atoms with Crippen LogP contribution in [0.25, 0.3) is 0 Å². The molecular formula is C8H12N2O3. The van der Waals surface area contributed by atoms with Gasteiger partial charge in [0, 0.05) is 11.6 Å². The van der Waals surface area contributed by atoms with E-state index in [2.05, 4.69) is 10.5 Å². The summed E-state index contributed by atoms with van der Waals surface area (Å²) in [6.45, 7) is 3.33. The lowest BCUT2D eigenvalue weighted by Gasteiger charge is -2.08. The summed E-state index contributed by atoms with van der Waals surface area (Å²) in [5.41, 5.74) is 0.683. The molecule has 0 aliphatic rings. The van der Waals surface area contributed by atoms with Crippen molar-refractivity contribution in [2.45, 2.75) is 19.9 Å². The van der Waals surface area contributed by atoms with Crippen LogP contribution in [0.2, 0.25) is 0 Å². The summed E-state index contributed by atoms with van der Waals surface area (Å²) in [6.07, 6.45) is 1.47. The molecule has 0 aliphatic carbocycles. The summed E-state index contributed by atoms with van der Waals surface area (Å²) in [5.74, 6) is -0.156. The van der Waals surface area contributed by atoms with E-state index < -0.39 is 0 Å². The molecule has 1 aromatic rings. The first-order valence-corrected chi connectivity index (χ1v) is 3.98. The van der Waals surface area contributed by atoms with Crippen molar-refractivity contribution in [3.05, 3.63) is 17.5 Å². The molecule has 0 fully saturated rings. The van der Waals surface area contributed by atoms with Gasteiger partial charge in [0.05, 0.1) is 12.8 Å². The van der Waals surface area contributed by atoms with Gasteiger partial charge < -0.3 is 14.9 Å². The van der Waals surface area contributed by atoms with E-state index in [-0.39, 0.29) is 24.3 Å². The number of nitrogens with one attached hydrogen (secondary N) is 1. The SMILES string of the molecule is Cc1cnoc1C(=O)N[C@@H](C)CO. The topological polar surface area (TPSA) is 75.4 Å². The Hall–Kier alpha value is -1.36. The third-order valence-electron chi connectivity index (χ3n) is 1.61. The third kappa shape index (κ3) is 2.29. The van der Waals surface area contributed by atoms with Crippen LogP contribution in [0.1, 0.15) is 23.0 Å². The zero-order valence-corrected chi connectivity index (χ0v) is 7.57. The Labute approximate surface area is 75.7 Å². The number of rotatable bonds is 3. The van der Waals surface area contributed by atoms with Crippen LogP contribution in [0.15, 0.2) is 10.7 Å². The van der Waals surface area contributed by atoms with Gasteiger partial charge in [0.25, 0.3) is 5.91 Å². The number of amides is 1. The third-order valence-corrected chi connectivity index (χ3v) is 1.61. The minimum absolute atomic E-state index is 0.0983. The summed E-state index contributed by atoms with van der Waals surface area (Å²) in [5, 5.41) is 14.7. The number of aliphatic hydroxyl groups is 1. The second-order valence-corrected chi connectivity index (χ2v) is 2.90. The molecule has 0 radical (unpaired) electrons. The molecule has 72 valence electrons. The highest BCUT2D eigenvalue weighted by Gasteiger charge is 2.15. The van der Waals surface area contributed by atoms with E-state index in [0.717, 1.165) is 0 Å². The van der Waals surface area contributed by atoms with Gasteiger partial charge in [0.15, 0.2) is 0 Å². The molecule has 13 heavy (non-hydrogen) atoms. The summed E-state index contributed by atoms with van der Waals surface area (Å²) in [4.78, 5) is 11.3. The Morgan fingerprint density at radius 3 is 3.00 bits per heavy atom. The van der Waals surface area contributed by atoms with Crippen molar-refractivity contribution < 1.29 is 14.4 Å². The summed E-state index contributed by atoms with van der Waals surface area (Å²) >= 11 is 0. The fourth-order valence-corrected chi connectivity index (χ4v) is 0.844. The van der Waals surface area contributed by atoms with Crippen LogP contribution in [-0.4, -0.2) is 28.8 Å². The Morgan fingerprint density at radius 1 is 1.85 bits per heavy atom. The number of nitrogens with zero attached hydrogens (tertiary/aromatic N) is 1. The molecular weight excluding hydrogens is 172 g/mol. The summed E-state index contributed by atoms with van der Waals surface area (Å²) in [7, 11) is 0. The minimum atomic E-state index is -0.350. The van der Waals surface area contributed by atoms with Crippen molar-refractivity contribution in [3.63, 3.8) is 0 Å². The van der Waals surface area contributed by atoms with E-state index in [1.165, 1.54) is 6.20 Å². The number of hydrogen-bond acceptors (Lipinski definition) is 4. The van der Waals surface area contributed by atoms with Crippen molar-refractivity contribution in [1.82, 2.24) is 10.5 Å². The van der Waals surface area contributed by atoms with E-state index in [1.54, 1.807) is 13.8 Å². The van der Waals surface area contributed by atoms with E-state index in [0.29, 0.717) is 5.56 Å². The molecule has 1 atom stereocenters. The van der Waals surface area contributed by atoms with Crippen LogP contribution < -0.4 is 5.32 Å². The van der Waals surface area contributed by atoms with Gasteiger partial charge in [-0.1, -0.05) is 5.16 Å². The van der Waals surface area contributed by atoms with E-state index in [1.807, 2.05) is 0 Å². The molecule has 2 N–H and O–H groups in total. The monoisotopic (exact) mass is 184 g/mol. The predicted molar refractivity (Wildman–Crippen MR) is 45.3 cm³/mol. The normalized spacial score (nSPS) is 12.5. The van der Waals surface area contributed by atoms with Crippen LogP contribution in [0.4, 0.5) is 0 Å². The standard InChI is InChI=1S/C8H12N2O3/c1-5-3-9-13-7(5)8(12)10-6(2)4-11/h3,6,11H,4H2,1-2H3,(H,10,12)/t6-/m0/s1. The van der Waals surface area contributed by atoms with Crippen molar-refractivity contribution in [3.8, 4) is 0 Å². The highest BCUT2D eigenvalue weighted by Crippen LogP contribution is 2.05. The van der Waals surface area contributed by atoms with E-state index in [4.69, 9.17) is 9.63 Å². The van der Waals surface area contributed by atoms with Crippen molar-refractivity contribution in [1.29, 1.82) is 0 Å². The Morgan fingerprint density at radius 2 is 2.54 bits per heavy atom. The lowest BCUT2D eigenvalue weighted by Crippen LogP contribution is -2.35. The first-order valence-electron chi connectivity index (χ1n) is 3.98. The number of hydrogen-bond donors (Lipinski definition) is 2. The first kappa shape index (κ1) is 9.73. The fourth-order valence-electron chi connectivity index (χ4n) is 0.844. The average Bonchev–Trinajstić information content (AvgIpc) is 2.51. The molecule has 0 saturated heterocycles. The van der Waals surface area contributed by atoms with E-state index in [9.17, 15) is 4.79 Å². The second kappa shape index (κ2) is 4.04. The Kier molecular flexibility index (Phi) is 3.02. The molecule has 0 spiro atoms. The molecule has 0 aliphatic heterocycles. The summed E-state index contributed by atoms with van der Waals surface area (Å²) < 4.78 is 4.73. The van der Waals surface area contributed by atoms with Gasteiger partial charge in [0.2, 0.25) is 5.76 Å². The summed E-state index contributed by atoms with van der Waals surface area (Å²) in [6, 6.07) is -0.281. The van der Waals surface area contributed by atoms with Gasteiger partial charge in [-0.15, -0.1) is 0 Å². The molecule has 0 aromatic carbocycles. The number of aryl methyl sites for hydroxylation is 1. The van der Waals surface area contributed by atoms with Crippen molar-refractivity contribution in [2.75, 3.05) is 6.61 Å². The zero-order valence-electron chi connectivity index (χ0n) is 7.57. The second-order valence-electron chi connectivity index (χ2n) is 2.90. The van der Waals surface area contributed by atoms with Gasteiger partial charge in [-0.05, 0) is 13.8 Å². The highest BCUT2D eigenvalue weighted by atomic mass is 16.5. The van der Waals surface area contributed by atoms with Gasteiger partial charge in [-0.25, -0.2) is 0 Å². The van der Waals surface area contributed by atoms with Gasteiger partial charge in [0.1, 0.15) is 0 Å². The lowest BCUT2D eigenvalue weighted by molar-refractivity contribution is 0.0884. The van der Waals surface area contributed by atoms with Crippen LogP contribution in [-0.2, 0) is 0 Å². The van der Waals surface area contributed by atoms with Crippen LogP contribution in [0.5, 0.6) is 0 Å². The molecule has 5 heteroatoms. The zero-order chi connectivity index (χ0) is 9.84. The Balaban J connectivity index is 2.64. The van der Waals surface area contributed by atoms with Crippen molar-refractivity contribution >= 4 is 5.91 Å². The maximum absolute atomic E-state index is 11.3. The van der Waals surface area contributed by atoms with Crippen LogP contribution >= 0.6 is 0 Å². The van der Waals surface area contributed by atoms with Crippen molar-refractivity contribution in [2.24, 2.45) is 0 Å². The highest BCUT2D eigenvalue weighted by molar-refractivity contribution is 5.92. The molecule has 0 saturated carbocycles. The average molecular weight is 184 g/mol. The van der Waals surface area contributed by atoms with Gasteiger partial charge in [-0.2, -0.15) is 0 Å². The molecule has 1 amide bonds. The molecule has 1 aromatic heterocycles. The number of aliphatic hydroxyl groups excluding tert-OH is 1. The fraction of sp³-hybridized carbons (Fsp3) is 0.500. The molecule has 0 unspecified atom stereocenters. The lowest BCUT2D eigenvalue weighted by atomic mass is 10.2. The smallest absolute Gasteiger partial charge is 0.290 e. The predicted octanol–water partition coefficient (Wildman–Crippen LogP) is 0.0936. The number of carbonyl (C=O) groups excluding carboxylic acids is 1. The molecule has 1 rings (SSSR count). The molecule has 1 heterocycles. The number of carbonyl (C=O) groups is 1. The largest absolute Gasteiger partial charge is 0.394 e. The van der Waals surface area contributed by atoms with E-state index >= 15 is 0 Å². The van der Waals surface area contributed by atoms with Gasteiger partial charge >= 0.3 is 0 Å².